The van der Waals surface area contributed by atoms with E-state index in [1.165, 1.54) is 29.4 Å². The van der Waals surface area contributed by atoms with E-state index in [9.17, 15) is 0 Å². The fourth-order valence-corrected chi connectivity index (χ4v) is 2.23. The van der Waals surface area contributed by atoms with Gasteiger partial charge in [-0.05, 0) is 28.8 Å². The molecule has 11 heavy (non-hydrogen) atoms. The van der Waals surface area contributed by atoms with Gasteiger partial charge in [0, 0.05) is 13.0 Å². The lowest BCUT2D eigenvalue weighted by Crippen LogP contribution is -2.13. The lowest BCUT2D eigenvalue weighted by Gasteiger charge is -2.25. The summed E-state index contributed by atoms with van der Waals surface area (Å²) in [6, 6.07) is 0. The molecule has 2 rings (SSSR count). The van der Waals surface area contributed by atoms with Gasteiger partial charge in [0.05, 0.1) is 16.4 Å². The van der Waals surface area contributed by atoms with Crippen molar-refractivity contribution in [3.63, 3.8) is 0 Å². The average molecular weight is 215 g/mol. The van der Waals surface area contributed by atoms with Crippen molar-refractivity contribution < 1.29 is 0 Å². The van der Waals surface area contributed by atoms with Gasteiger partial charge in [-0.15, -0.1) is 0 Å². The van der Waals surface area contributed by atoms with E-state index in [0.717, 1.165) is 5.92 Å². The summed E-state index contributed by atoms with van der Waals surface area (Å²) in [5.74, 6) is 0.761. The highest BCUT2D eigenvalue weighted by molar-refractivity contribution is 9.10. The molecular weight excluding hydrogens is 204 g/mol. The van der Waals surface area contributed by atoms with Crippen molar-refractivity contribution in [3.8, 4) is 0 Å². The molecule has 1 heterocycles. The van der Waals surface area contributed by atoms with Crippen LogP contribution in [-0.2, 0) is 7.05 Å². The SMILES string of the molecule is Cn1ncc(Br)c1C1CCC1. The Labute approximate surface area is 74.7 Å². The van der Waals surface area contributed by atoms with Crippen molar-refractivity contribution in [2.45, 2.75) is 25.2 Å². The van der Waals surface area contributed by atoms with Crippen LogP contribution in [0.1, 0.15) is 30.9 Å². The molecule has 3 heteroatoms. The maximum absolute atomic E-state index is 4.19. The lowest BCUT2D eigenvalue weighted by molar-refractivity contribution is 0.396. The predicted molar refractivity (Wildman–Crippen MR) is 47.5 cm³/mol. The molecule has 0 atom stereocenters. The van der Waals surface area contributed by atoms with Gasteiger partial charge in [-0.2, -0.15) is 5.10 Å². The van der Waals surface area contributed by atoms with Crippen molar-refractivity contribution >= 4 is 15.9 Å². The van der Waals surface area contributed by atoms with Crippen molar-refractivity contribution in [3.05, 3.63) is 16.4 Å². The summed E-state index contributed by atoms with van der Waals surface area (Å²) in [6.07, 6.45) is 5.92. The maximum Gasteiger partial charge on any atom is 0.0635 e. The molecule has 1 aliphatic carbocycles. The molecule has 2 nitrogen and oxygen atoms in total. The van der Waals surface area contributed by atoms with Crippen molar-refractivity contribution in [2.24, 2.45) is 7.05 Å². The van der Waals surface area contributed by atoms with Gasteiger partial charge in [0.25, 0.3) is 0 Å². The Bertz CT molecular complexity index is 244. The Morgan fingerprint density at radius 2 is 2.36 bits per heavy atom. The molecule has 1 saturated carbocycles. The van der Waals surface area contributed by atoms with E-state index in [0.29, 0.717) is 0 Å². The summed E-state index contributed by atoms with van der Waals surface area (Å²) in [6.45, 7) is 0. The molecule has 0 radical (unpaired) electrons. The molecule has 1 fully saturated rings. The van der Waals surface area contributed by atoms with Crippen LogP contribution in [0.15, 0.2) is 10.7 Å². The standard InChI is InChI=1S/C8H11BrN2/c1-11-8(6-3-2-4-6)7(9)5-10-11/h5-6H,2-4H2,1H3. The lowest BCUT2D eigenvalue weighted by atomic mass is 9.83. The molecule has 0 amide bonds. The summed E-state index contributed by atoms with van der Waals surface area (Å²) in [5, 5.41) is 4.19. The van der Waals surface area contributed by atoms with E-state index in [1.807, 2.05) is 17.9 Å². The van der Waals surface area contributed by atoms with Gasteiger partial charge in [-0.3, -0.25) is 4.68 Å². The number of nitrogens with zero attached hydrogens (tertiary/aromatic N) is 2. The van der Waals surface area contributed by atoms with Crippen LogP contribution in [0, 0.1) is 0 Å². The number of hydrogen-bond acceptors (Lipinski definition) is 1. The third-order valence-corrected chi connectivity index (χ3v) is 3.04. The zero-order chi connectivity index (χ0) is 7.84. The third-order valence-electron chi connectivity index (χ3n) is 2.43. The van der Waals surface area contributed by atoms with E-state index in [2.05, 4.69) is 21.0 Å². The minimum Gasteiger partial charge on any atom is -0.271 e. The molecule has 0 bridgehead atoms. The van der Waals surface area contributed by atoms with Gasteiger partial charge >= 0.3 is 0 Å². The summed E-state index contributed by atoms with van der Waals surface area (Å²) < 4.78 is 3.15. The van der Waals surface area contributed by atoms with E-state index >= 15 is 0 Å². The summed E-state index contributed by atoms with van der Waals surface area (Å²) in [7, 11) is 2.01. The minimum absolute atomic E-state index is 0.761. The van der Waals surface area contributed by atoms with Gasteiger partial charge in [-0.1, -0.05) is 6.42 Å². The van der Waals surface area contributed by atoms with E-state index < -0.39 is 0 Å². The molecule has 60 valence electrons. The first-order valence-corrected chi connectivity index (χ1v) is 4.75. The first-order valence-electron chi connectivity index (χ1n) is 3.96. The van der Waals surface area contributed by atoms with E-state index in [-0.39, 0.29) is 0 Å². The van der Waals surface area contributed by atoms with Crippen LogP contribution >= 0.6 is 15.9 Å². The molecular formula is C8H11BrN2. The first kappa shape index (κ1) is 7.35. The molecule has 0 unspecified atom stereocenters. The molecule has 0 spiro atoms. The number of aryl methyl sites for hydroxylation is 1. The number of rotatable bonds is 1. The molecule has 1 aliphatic rings. The minimum atomic E-state index is 0.761. The molecule has 1 aromatic rings. The van der Waals surface area contributed by atoms with Gasteiger partial charge < -0.3 is 0 Å². The zero-order valence-electron chi connectivity index (χ0n) is 6.55. The van der Waals surface area contributed by atoms with Crippen molar-refractivity contribution in [2.75, 3.05) is 0 Å². The Kier molecular flexibility index (Phi) is 1.75. The number of hydrogen-bond donors (Lipinski definition) is 0. The van der Waals surface area contributed by atoms with Crippen LogP contribution in [0.4, 0.5) is 0 Å². The van der Waals surface area contributed by atoms with Gasteiger partial charge in [0.15, 0.2) is 0 Å². The Hall–Kier alpha value is -0.310. The molecule has 1 aromatic heterocycles. The highest BCUT2D eigenvalue weighted by Crippen LogP contribution is 2.39. The normalized spacial score (nSPS) is 18.4. The highest BCUT2D eigenvalue weighted by Gasteiger charge is 2.24. The quantitative estimate of drug-likeness (QED) is 0.703. The van der Waals surface area contributed by atoms with Crippen LogP contribution in [-0.4, -0.2) is 9.78 Å². The van der Waals surface area contributed by atoms with Crippen LogP contribution in [0.25, 0.3) is 0 Å². The molecule has 0 N–H and O–H groups in total. The molecule has 0 saturated heterocycles. The maximum atomic E-state index is 4.19. The predicted octanol–water partition coefficient (Wildman–Crippen LogP) is 2.45. The molecule has 0 aliphatic heterocycles. The summed E-state index contributed by atoms with van der Waals surface area (Å²) >= 11 is 3.51. The van der Waals surface area contributed by atoms with E-state index in [4.69, 9.17) is 0 Å². The second-order valence-electron chi connectivity index (χ2n) is 3.13. The largest absolute Gasteiger partial charge is 0.271 e. The zero-order valence-corrected chi connectivity index (χ0v) is 8.13. The van der Waals surface area contributed by atoms with Crippen LogP contribution in [0.5, 0.6) is 0 Å². The van der Waals surface area contributed by atoms with Crippen molar-refractivity contribution in [1.29, 1.82) is 0 Å². The Morgan fingerprint density at radius 3 is 2.73 bits per heavy atom. The highest BCUT2D eigenvalue weighted by atomic mass is 79.9. The van der Waals surface area contributed by atoms with Crippen LogP contribution < -0.4 is 0 Å². The van der Waals surface area contributed by atoms with Crippen LogP contribution in [0.2, 0.25) is 0 Å². The first-order chi connectivity index (χ1) is 5.29. The summed E-state index contributed by atoms with van der Waals surface area (Å²) in [5.41, 5.74) is 1.37. The fourth-order valence-electron chi connectivity index (χ4n) is 1.56. The fraction of sp³-hybridized carbons (Fsp3) is 0.625. The second kappa shape index (κ2) is 2.63. The van der Waals surface area contributed by atoms with Gasteiger partial charge in [0.2, 0.25) is 0 Å². The monoisotopic (exact) mass is 214 g/mol. The third kappa shape index (κ3) is 1.11. The van der Waals surface area contributed by atoms with E-state index in [1.54, 1.807) is 0 Å². The van der Waals surface area contributed by atoms with Gasteiger partial charge in [0.1, 0.15) is 0 Å². The smallest absolute Gasteiger partial charge is 0.0635 e. The Morgan fingerprint density at radius 1 is 1.64 bits per heavy atom. The van der Waals surface area contributed by atoms with Gasteiger partial charge in [-0.25, -0.2) is 0 Å². The summed E-state index contributed by atoms with van der Waals surface area (Å²) in [4.78, 5) is 0. The van der Waals surface area contributed by atoms with Crippen molar-refractivity contribution in [1.82, 2.24) is 9.78 Å². The molecule has 0 aromatic carbocycles. The second-order valence-corrected chi connectivity index (χ2v) is 3.98. The average Bonchev–Trinajstić information content (AvgIpc) is 2.15. The van der Waals surface area contributed by atoms with Crippen LogP contribution in [0.3, 0.4) is 0 Å². The number of aromatic nitrogens is 2. The Balaban J connectivity index is 2.33. The number of halogens is 1. The topological polar surface area (TPSA) is 17.8 Å².